The molecule has 0 fully saturated rings. The van der Waals surface area contributed by atoms with Gasteiger partial charge in [0.25, 0.3) is 0 Å². The molecule has 1 heterocycles. The Labute approximate surface area is 128 Å². The fourth-order valence-electron chi connectivity index (χ4n) is 2.65. The number of fused-ring (bicyclic) bond motifs is 1. The van der Waals surface area contributed by atoms with Crippen molar-refractivity contribution in [2.45, 2.75) is 30.5 Å². The Hall–Kier alpha value is -1.36. The number of benzene rings is 2. The number of hydrogen-bond donors (Lipinski definition) is 2. The number of thioether (sulfide) groups is 1. The lowest BCUT2D eigenvalue weighted by Crippen LogP contribution is -2.24. The zero-order valence-corrected chi connectivity index (χ0v) is 12.5. The molecular formula is C17H18FNOS. The predicted octanol–water partition coefficient (Wildman–Crippen LogP) is 3.64. The van der Waals surface area contributed by atoms with Crippen LogP contribution >= 0.6 is 11.8 Å². The quantitative estimate of drug-likeness (QED) is 0.904. The number of nitrogens with one attached hydrogen (secondary N) is 1. The summed E-state index contributed by atoms with van der Waals surface area (Å²) in [7, 11) is 0. The van der Waals surface area contributed by atoms with Crippen molar-refractivity contribution in [3.63, 3.8) is 0 Å². The van der Waals surface area contributed by atoms with Crippen LogP contribution in [0.3, 0.4) is 0 Å². The standard InChI is InChI=1S/C17H18FNOS/c18-15-6-5-12(9-13(15)11-20)10-19-16-7-8-21-17-4-2-1-3-14(16)17/h1-6,9,16,19-20H,7-8,10-11H2. The van der Waals surface area contributed by atoms with E-state index < -0.39 is 0 Å². The lowest BCUT2D eigenvalue weighted by molar-refractivity contribution is 0.275. The van der Waals surface area contributed by atoms with Crippen molar-refractivity contribution in [1.29, 1.82) is 0 Å². The number of aliphatic hydroxyl groups excluding tert-OH is 1. The monoisotopic (exact) mass is 303 g/mol. The Kier molecular flexibility index (Phi) is 4.58. The maximum atomic E-state index is 13.4. The van der Waals surface area contributed by atoms with Crippen LogP contribution in [-0.2, 0) is 13.2 Å². The van der Waals surface area contributed by atoms with Crippen LogP contribution < -0.4 is 5.32 Å². The smallest absolute Gasteiger partial charge is 0.128 e. The molecule has 0 bridgehead atoms. The van der Waals surface area contributed by atoms with E-state index in [1.54, 1.807) is 12.1 Å². The number of hydrogen-bond acceptors (Lipinski definition) is 3. The van der Waals surface area contributed by atoms with Crippen molar-refractivity contribution in [1.82, 2.24) is 5.32 Å². The van der Waals surface area contributed by atoms with Crippen LogP contribution in [0.1, 0.15) is 29.2 Å². The topological polar surface area (TPSA) is 32.3 Å². The molecule has 1 atom stereocenters. The first kappa shape index (κ1) is 14.6. The van der Waals surface area contributed by atoms with Gasteiger partial charge in [-0.05, 0) is 41.5 Å². The highest BCUT2D eigenvalue weighted by Crippen LogP contribution is 2.35. The average Bonchev–Trinajstić information content (AvgIpc) is 2.54. The minimum absolute atomic E-state index is 0.261. The number of rotatable bonds is 4. The highest BCUT2D eigenvalue weighted by Gasteiger charge is 2.19. The van der Waals surface area contributed by atoms with Gasteiger partial charge in [-0.2, -0.15) is 0 Å². The first-order valence-corrected chi connectivity index (χ1v) is 8.10. The highest BCUT2D eigenvalue weighted by molar-refractivity contribution is 7.99. The molecule has 2 aromatic rings. The van der Waals surface area contributed by atoms with Crippen LogP contribution in [0.25, 0.3) is 0 Å². The Bertz CT molecular complexity index is 632. The minimum atomic E-state index is -0.347. The van der Waals surface area contributed by atoms with Gasteiger partial charge in [0.15, 0.2) is 0 Å². The summed E-state index contributed by atoms with van der Waals surface area (Å²) >= 11 is 1.90. The van der Waals surface area contributed by atoms with Gasteiger partial charge >= 0.3 is 0 Å². The van der Waals surface area contributed by atoms with E-state index >= 15 is 0 Å². The maximum Gasteiger partial charge on any atom is 0.128 e. The lowest BCUT2D eigenvalue weighted by Gasteiger charge is -2.26. The van der Waals surface area contributed by atoms with Crippen molar-refractivity contribution in [2.24, 2.45) is 0 Å². The molecule has 2 nitrogen and oxygen atoms in total. The van der Waals surface area contributed by atoms with Crippen LogP contribution in [-0.4, -0.2) is 10.9 Å². The van der Waals surface area contributed by atoms with E-state index in [0.29, 0.717) is 18.2 Å². The van der Waals surface area contributed by atoms with Crippen molar-refractivity contribution in [3.05, 3.63) is 65.0 Å². The molecule has 0 amide bonds. The molecule has 1 unspecified atom stereocenters. The van der Waals surface area contributed by atoms with Gasteiger partial charge in [-0.1, -0.05) is 24.3 Å². The lowest BCUT2D eigenvalue weighted by atomic mass is 10.0. The van der Waals surface area contributed by atoms with Crippen molar-refractivity contribution >= 4 is 11.8 Å². The van der Waals surface area contributed by atoms with E-state index in [-0.39, 0.29) is 12.4 Å². The zero-order valence-electron chi connectivity index (χ0n) is 11.7. The largest absolute Gasteiger partial charge is 0.392 e. The van der Waals surface area contributed by atoms with Gasteiger partial charge in [-0.25, -0.2) is 4.39 Å². The van der Waals surface area contributed by atoms with Gasteiger partial charge in [-0.15, -0.1) is 11.8 Å². The molecule has 4 heteroatoms. The van der Waals surface area contributed by atoms with E-state index in [4.69, 9.17) is 5.11 Å². The molecule has 21 heavy (non-hydrogen) atoms. The van der Waals surface area contributed by atoms with E-state index in [9.17, 15) is 4.39 Å². The summed E-state index contributed by atoms with van der Waals surface area (Å²) in [6.07, 6.45) is 1.09. The molecule has 2 aromatic carbocycles. The van der Waals surface area contributed by atoms with E-state index in [1.165, 1.54) is 16.5 Å². The Balaban J connectivity index is 1.71. The van der Waals surface area contributed by atoms with Gasteiger partial charge in [0.2, 0.25) is 0 Å². The highest BCUT2D eigenvalue weighted by atomic mass is 32.2. The summed E-state index contributed by atoms with van der Waals surface area (Å²) in [5.74, 6) is 0.764. The Morgan fingerprint density at radius 1 is 1.24 bits per heavy atom. The minimum Gasteiger partial charge on any atom is -0.392 e. The molecule has 110 valence electrons. The van der Waals surface area contributed by atoms with Crippen LogP contribution in [0.15, 0.2) is 47.4 Å². The molecule has 0 saturated carbocycles. The van der Waals surface area contributed by atoms with Crippen LogP contribution in [0.2, 0.25) is 0 Å². The molecule has 0 radical (unpaired) electrons. The maximum absolute atomic E-state index is 13.4. The normalized spacial score (nSPS) is 17.5. The molecule has 0 aromatic heterocycles. The first-order chi connectivity index (χ1) is 10.3. The van der Waals surface area contributed by atoms with E-state index in [0.717, 1.165) is 17.7 Å². The second-order valence-corrected chi connectivity index (χ2v) is 6.33. The molecule has 1 aliphatic heterocycles. The average molecular weight is 303 g/mol. The second kappa shape index (κ2) is 6.60. The summed E-state index contributed by atoms with van der Waals surface area (Å²) in [5.41, 5.74) is 2.70. The molecule has 0 saturated heterocycles. The molecule has 0 aliphatic carbocycles. The molecular weight excluding hydrogens is 285 g/mol. The fourth-order valence-corrected chi connectivity index (χ4v) is 3.78. The third-order valence-electron chi connectivity index (χ3n) is 3.79. The molecule has 1 aliphatic rings. The van der Waals surface area contributed by atoms with Crippen molar-refractivity contribution in [2.75, 3.05) is 5.75 Å². The SMILES string of the molecule is OCc1cc(CNC2CCSc3ccccc32)ccc1F. The summed E-state index contributed by atoms with van der Waals surface area (Å²) in [6.45, 7) is 0.416. The van der Waals surface area contributed by atoms with E-state index in [1.807, 2.05) is 11.8 Å². The van der Waals surface area contributed by atoms with Crippen LogP contribution in [0.5, 0.6) is 0 Å². The van der Waals surface area contributed by atoms with Crippen LogP contribution in [0, 0.1) is 5.82 Å². The summed E-state index contributed by atoms with van der Waals surface area (Å²) in [5, 5.41) is 12.7. The number of aliphatic hydroxyl groups is 1. The van der Waals surface area contributed by atoms with Gasteiger partial charge in [-0.3, -0.25) is 0 Å². The predicted molar refractivity (Wildman–Crippen MR) is 83.7 cm³/mol. The first-order valence-electron chi connectivity index (χ1n) is 7.11. The zero-order chi connectivity index (χ0) is 14.7. The van der Waals surface area contributed by atoms with Gasteiger partial charge in [0.05, 0.1) is 6.61 Å². The third-order valence-corrected chi connectivity index (χ3v) is 4.91. The van der Waals surface area contributed by atoms with Gasteiger partial charge < -0.3 is 10.4 Å². The second-order valence-electron chi connectivity index (χ2n) is 5.19. The van der Waals surface area contributed by atoms with Crippen molar-refractivity contribution < 1.29 is 9.50 Å². The summed E-state index contributed by atoms with van der Waals surface area (Å²) in [6, 6.07) is 13.7. The number of halogens is 1. The molecule has 3 rings (SSSR count). The van der Waals surface area contributed by atoms with Gasteiger partial charge in [0, 0.05) is 23.0 Å². The molecule has 0 spiro atoms. The van der Waals surface area contributed by atoms with E-state index in [2.05, 4.69) is 29.6 Å². The summed E-state index contributed by atoms with van der Waals surface area (Å²) < 4.78 is 13.4. The third kappa shape index (κ3) is 3.28. The summed E-state index contributed by atoms with van der Waals surface area (Å²) in [4.78, 5) is 1.34. The fraction of sp³-hybridized carbons (Fsp3) is 0.294. The Morgan fingerprint density at radius 2 is 2.10 bits per heavy atom. The van der Waals surface area contributed by atoms with Crippen LogP contribution in [0.4, 0.5) is 4.39 Å². The molecule has 2 N–H and O–H groups in total. The Morgan fingerprint density at radius 3 is 2.95 bits per heavy atom. The van der Waals surface area contributed by atoms with Gasteiger partial charge in [0.1, 0.15) is 5.82 Å². The van der Waals surface area contributed by atoms with Crippen molar-refractivity contribution in [3.8, 4) is 0 Å².